The Labute approximate surface area is 173 Å². The zero-order valence-electron chi connectivity index (χ0n) is 18.0. The highest BCUT2D eigenvalue weighted by Gasteiger charge is 2.06. The first-order chi connectivity index (χ1) is 13.4. The number of unbranched alkanes of at least 4 members (excludes halogenated alkanes) is 13. The van der Waals surface area contributed by atoms with Gasteiger partial charge in [-0.25, -0.2) is 0 Å². The third-order valence-corrected chi connectivity index (χ3v) is 5.70. The van der Waals surface area contributed by atoms with Crippen LogP contribution in [0, 0.1) is 6.92 Å². The summed E-state index contributed by atoms with van der Waals surface area (Å²) in [5.74, 6) is 0. The number of aliphatic hydroxyl groups is 1. The third kappa shape index (κ3) is 17.2. The molecule has 1 aromatic rings. The van der Waals surface area contributed by atoms with Gasteiger partial charge >= 0.3 is 0 Å². The molecule has 5 heteroatoms. The van der Waals surface area contributed by atoms with Gasteiger partial charge in [-0.3, -0.25) is 4.55 Å². The Morgan fingerprint density at radius 2 is 1.04 bits per heavy atom. The van der Waals surface area contributed by atoms with Crippen LogP contribution in [0.1, 0.15) is 102 Å². The first-order valence-corrected chi connectivity index (χ1v) is 12.5. The second kappa shape index (κ2) is 18.1. The fourth-order valence-electron chi connectivity index (χ4n) is 3.02. The molecular formula is C23H42O4S. The Kier molecular flexibility index (Phi) is 17.6. The van der Waals surface area contributed by atoms with Crippen LogP contribution in [0.5, 0.6) is 0 Å². The highest BCUT2D eigenvalue weighted by atomic mass is 32.2. The maximum absolute atomic E-state index is 10.5. The zero-order chi connectivity index (χ0) is 21.1. The Bertz CT molecular complexity index is 538. The topological polar surface area (TPSA) is 74.6 Å². The summed E-state index contributed by atoms with van der Waals surface area (Å²) in [6.07, 6.45) is 19.2. The SMILES string of the molecule is CCCCCCCCCCCCCCCCO.Cc1ccc(S(=O)(=O)O)cc1. The molecule has 0 fully saturated rings. The van der Waals surface area contributed by atoms with Gasteiger partial charge < -0.3 is 5.11 Å². The first-order valence-electron chi connectivity index (χ1n) is 11.1. The monoisotopic (exact) mass is 414 g/mol. The van der Waals surface area contributed by atoms with Crippen LogP contribution in [-0.4, -0.2) is 24.7 Å². The number of benzene rings is 1. The van der Waals surface area contributed by atoms with Crippen molar-refractivity contribution < 1.29 is 18.1 Å². The molecule has 0 spiro atoms. The lowest BCUT2D eigenvalue weighted by molar-refractivity contribution is 0.282. The molecule has 0 radical (unpaired) electrons. The Morgan fingerprint density at radius 3 is 1.36 bits per heavy atom. The van der Waals surface area contributed by atoms with Crippen LogP contribution in [0.15, 0.2) is 29.2 Å². The molecule has 0 atom stereocenters. The summed E-state index contributed by atoms with van der Waals surface area (Å²) in [4.78, 5) is -0.0666. The van der Waals surface area contributed by atoms with E-state index >= 15 is 0 Å². The quantitative estimate of drug-likeness (QED) is 0.247. The molecule has 4 nitrogen and oxygen atoms in total. The maximum atomic E-state index is 10.5. The fraction of sp³-hybridized carbons (Fsp3) is 0.739. The van der Waals surface area contributed by atoms with Gasteiger partial charge in [0, 0.05) is 6.61 Å². The highest BCUT2D eigenvalue weighted by molar-refractivity contribution is 7.85. The second-order valence-corrected chi connectivity index (χ2v) is 9.03. The van der Waals surface area contributed by atoms with Crippen LogP contribution in [0.25, 0.3) is 0 Å². The van der Waals surface area contributed by atoms with Gasteiger partial charge in [-0.1, -0.05) is 108 Å². The minimum absolute atomic E-state index is 0.0666. The zero-order valence-corrected chi connectivity index (χ0v) is 18.9. The minimum Gasteiger partial charge on any atom is -0.396 e. The van der Waals surface area contributed by atoms with Crippen molar-refractivity contribution in [3.8, 4) is 0 Å². The Hall–Kier alpha value is -0.910. The van der Waals surface area contributed by atoms with E-state index in [9.17, 15) is 8.42 Å². The van der Waals surface area contributed by atoms with E-state index in [4.69, 9.17) is 9.66 Å². The molecule has 0 aliphatic rings. The van der Waals surface area contributed by atoms with Gasteiger partial charge in [0.05, 0.1) is 4.90 Å². The third-order valence-electron chi connectivity index (χ3n) is 4.83. The summed E-state index contributed by atoms with van der Waals surface area (Å²) >= 11 is 0. The van der Waals surface area contributed by atoms with Crippen LogP contribution in [0.3, 0.4) is 0 Å². The van der Waals surface area contributed by atoms with E-state index in [-0.39, 0.29) is 4.90 Å². The van der Waals surface area contributed by atoms with E-state index in [1.165, 1.54) is 95.6 Å². The molecule has 0 unspecified atom stereocenters. The molecule has 28 heavy (non-hydrogen) atoms. The lowest BCUT2D eigenvalue weighted by atomic mass is 10.0. The van der Waals surface area contributed by atoms with Crippen molar-refractivity contribution >= 4 is 10.1 Å². The van der Waals surface area contributed by atoms with Crippen molar-refractivity contribution in [2.24, 2.45) is 0 Å². The van der Waals surface area contributed by atoms with Crippen LogP contribution in [-0.2, 0) is 10.1 Å². The largest absolute Gasteiger partial charge is 0.396 e. The summed E-state index contributed by atoms with van der Waals surface area (Å²) in [5, 5.41) is 8.64. The molecule has 0 saturated heterocycles. The molecule has 0 aromatic heterocycles. The van der Waals surface area contributed by atoms with Crippen molar-refractivity contribution in [2.75, 3.05) is 6.61 Å². The summed E-state index contributed by atoms with van der Waals surface area (Å²) < 4.78 is 29.6. The van der Waals surface area contributed by atoms with Crippen molar-refractivity contribution in [3.05, 3.63) is 29.8 Å². The maximum Gasteiger partial charge on any atom is 0.294 e. The molecule has 2 N–H and O–H groups in total. The van der Waals surface area contributed by atoms with E-state index in [1.807, 2.05) is 6.92 Å². The normalized spacial score (nSPS) is 11.1. The molecule has 0 aliphatic heterocycles. The number of hydrogen-bond donors (Lipinski definition) is 2. The van der Waals surface area contributed by atoms with Gasteiger partial charge in [0.15, 0.2) is 0 Å². The van der Waals surface area contributed by atoms with Crippen molar-refractivity contribution in [2.45, 2.75) is 109 Å². The number of rotatable bonds is 15. The van der Waals surface area contributed by atoms with Crippen molar-refractivity contribution in [3.63, 3.8) is 0 Å². The fourth-order valence-corrected chi connectivity index (χ4v) is 3.50. The molecule has 0 bridgehead atoms. The van der Waals surface area contributed by atoms with Crippen LogP contribution in [0.4, 0.5) is 0 Å². The standard InChI is InChI=1S/C16H34O.C7H8O3S/c1-2-3-4-5-6-7-8-9-10-11-12-13-14-15-16-17;1-6-2-4-7(5-3-6)11(8,9)10/h17H,2-16H2,1H3;2-5H,1H3,(H,8,9,10). The van der Waals surface area contributed by atoms with E-state index in [0.29, 0.717) is 6.61 Å². The van der Waals surface area contributed by atoms with Crippen molar-refractivity contribution in [1.82, 2.24) is 0 Å². The molecular weight excluding hydrogens is 372 g/mol. The molecule has 1 rings (SSSR count). The van der Waals surface area contributed by atoms with Gasteiger partial charge in [0.25, 0.3) is 10.1 Å². The van der Waals surface area contributed by atoms with Crippen LogP contribution < -0.4 is 0 Å². The summed E-state index contributed by atoms with van der Waals surface area (Å²) in [6.45, 7) is 4.49. The van der Waals surface area contributed by atoms with Gasteiger partial charge in [0.2, 0.25) is 0 Å². The van der Waals surface area contributed by atoms with Gasteiger partial charge in [-0.05, 0) is 25.5 Å². The molecule has 0 amide bonds. The highest BCUT2D eigenvalue weighted by Crippen LogP contribution is 2.12. The molecule has 0 aliphatic carbocycles. The molecule has 1 aromatic carbocycles. The Morgan fingerprint density at radius 1 is 0.679 bits per heavy atom. The predicted molar refractivity (Wildman–Crippen MR) is 118 cm³/mol. The van der Waals surface area contributed by atoms with Gasteiger partial charge in [-0.15, -0.1) is 0 Å². The number of aliphatic hydroxyl groups excluding tert-OH is 1. The van der Waals surface area contributed by atoms with Crippen molar-refractivity contribution in [1.29, 1.82) is 0 Å². The number of hydrogen-bond acceptors (Lipinski definition) is 3. The van der Waals surface area contributed by atoms with E-state index < -0.39 is 10.1 Å². The second-order valence-electron chi connectivity index (χ2n) is 7.61. The first kappa shape index (κ1) is 27.1. The molecule has 164 valence electrons. The van der Waals surface area contributed by atoms with E-state index in [0.717, 1.165) is 12.0 Å². The van der Waals surface area contributed by atoms with Gasteiger partial charge in [0.1, 0.15) is 0 Å². The lowest BCUT2D eigenvalue weighted by Crippen LogP contribution is -1.96. The smallest absolute Gasteiger partial charge is 0.294 e. The van der Waals surface area contributed by atoms with Crippen LogP contribution >= 0.6 is 0 Å². The summed E-state index contributed by atoms with van der Waals surface area (Å²) in [6, 6.07) is 5.99. The number of aryl methyl sites for hydroxylation is 1. The summed E-state index contributed by atoms with van der Waals surface area (Å²) in [5.41, 5.74) is 0.956. The Balaban J connectivity index is 0.000000567. The molecule has 0 saturated carbocycles. The average molecular weight is 415 g/mol. The van der Waals surface area contributed by atoms with E-state index in [1.54, 1.807) is 12.1 Å². The van der Waals surface area contributed by atoms with E-state index in [2.05, 4.69) is 6.92 Å². The minimum atomic E-state index is -4.02. The van der Waals surface area contributed by atoms with Crippen LogP contribution in [0.2, 0.25) is 0 Å². The predicted octanol–water partition coefficient (Wildman–Crippen LogP) is 6.70. The average Bonchev–Trinajstić information content (AvgIpc) is 2.66. The van der Waals surface area contributed by atoms with Gasteiger partial charge in [-0.2, -0.15) is 8.42 Å². The summed E-state index contributed by atoms with van der Waals surface area (Å²) in [7, 11) is -4.02. The molecule has 0 heterocycles. The lowest BCUT2D eigenvalue weighted by Gasteiger charge is -2.02.